The van der Waals surface area contributed by atoms with Crippen molar-refractivity contribution in [3.8, 4) is 0 Å². The van der Waals surface area contributed by atoms with Crippen molar-refractivity contribution in [3.05, 3.63) is 18.2 Å². The summed E-state index contributed by atoms with van der Waals surface area (Å²) in [4.78, 5) is 6.88. The average Bonchev–Trinajstić information content (AvgIpc) is 2.76. The second kappa shape index (κ2) is 5.19. The third-order valence-electron chi connectivity index (χ3n) is 3.70. The molecule has 0 saturated carbocycles. The van der Waals surface area contributed by atoms with Gasteiger partial charge in [-0.1, -0.05) is 13.8 Å². The molecule has 4 nitrogen and oxygen atoms in total. The summed E-state index contributed by atoms with van der Waals surface area (Å²) >= 11 is 0. The lowest BCUT2D eigenvalue weighted by atomic mass is 9.88. The standard InChI is InChI=1S/C13H24N4/c1-13(2,11-14)4-3-6-16-8-9-17-7-5-15-12(17)10-16/h5,7H,3-4,6,8-11,14H2,1-2H3. The first-order chi connectivity index (χ1) is 8.11. The lowest BCUT2D eigenvalue weighted by Gasteiger charge is -2.29. The second-order valence-corrected chi connectivity index (χ2v) is 5.78. The molecule has 0 spiro atoms. The van der Waals surface area contributed by atoms with Crippen LogP contribution in [-0.2, 0) is 13.1 Å². The van der Waals surface area contributed by atoms with Crippen LogP contribution < -0.4 is 5.73 Å². The van der Waals surface area contributed by atoms with Gasteiger partial charge in [0.15, 0.2) is 0 Å². The van der Waals surface area contributed by atoms with Crippen molar-refractivity contribution < 1.29 is 0 Å². The predicted octanol–water partition coefficient (Wildman–Crippen LogP) is 1.46. The van der Waals surface area contributed by atoms with Crippen LogP contribution in [0.1, 0.15) is 32.5 Å². The normalized spacial score (nSPS) is 17.1. The Morgan fingerprint density at radius 1 is 1.41 bits per heavy atom. The third kappa shape index (κ3) is 3.30. The zero-order valence-corrected chi connectivity index (χ0v) is 11.0. The Morgan fingerprint density at radius 3 is 3.00 bits per heavy atom. The molecule has 0 unspecified atom stereocenters. The summed E-state index contributed by atoms with van der Waals surface area (Å²) in [5.74, 6) is 1.20. The van der Waals surface area contributed by atoms with Crippen molar-refractivity contribution in [2.45, 2.75) is 39.8 Å². The van der Waals surface area contributed by atoms with Crippen LogP contribution in [0, 0.1) is 5.41 Å². The van der Waals surface area contributed by atoms with Gasteiger partial charge in [-0.15, -0.1) is 0 Å². The Balaban J connectivity index is 1.75. The van der Waals surface area contributed by atoms with Gasteiger partial charge in [-0.3, -0.25) is 4.90 Å². The Kier molecular flexibility index (Phi) is 3.84. The highest BCUT2D eigenvalue weighted by atomic mass is 15.2. The monoisotopic (exact) mass is 236 g/mol. The van der Waals surface area contributed by atoms with E-state index < -0.39 is 0 Å². The molecule has 2 heterocycles. The lowest BCUT2D eigenvalue weighted by Crippen LogP contribution is -2.35. The van der Waals surface area contributed by atoms with Crippen molar-refractivity contribution in [2.75, 3.05) is 19.6 Å². The average molecular weight is 236 g/mol. The van der Waals surface area contributed by atoms with Crippen molar-refractivity contribution in [1.29, 1.82) is 0 Å². The molecule has 1 aromatic heterocycles. The van der Waals surface area contributed by atoms with Crippen molar-refractivity contribution in [2.24, 2.45) is 11.1 Å². The molecule has 0 radical (unpaired) electrons. The van der Waals surface area contributed by atoms with Gasteiger partial charge >= 0.3 is 0 Å². The summed E-state index contributed by atoms with van der Waals surface area (Å²) in [6.07, 6.45) is 6.40. The lowest BCUT2D eigenvalue weighted by molar-refractivity contribution is 0.200. The molecule has 2 rings (SSSR count). The molecule has 1 aliphatic heterocycles. The van der Waals surface area contributed by atoms with Crippen LogP contribution in [-0.4, -0.2) is 34.1 Å². The van der Waals surface area contributed by atoms with E-state index >= 15 is 0 Å². The minimum atomic E-state index is 0.286. The van der Waals surface area contributed by atoms with Gasteiger partial charge in [-0.05, 0) is 31.3 Å². The molecule has 0 saturated heterocycles. The molecule has 0 aromatic carbocycles. The van der Waals surface area contributed by atoms with E-state index in [9.17, 15) is 0 Å². The fraction of sp³-hybridized carbons (Fsp3) is 0.769. The van der Waals surface area contributed by atoms with E-state index in [4.69, 9.17) is 5.73 Å². The van der Waals surface area contributed by atoms with Gasteiger partial charge < -0.3 is 10.3 Å². The van der Waals surface area contributed by atoms with E-state index in [1.165, 1.54) is 18.7 Å². The summed E-state index contributed by atoms with van der Waals surface area (Å²) in [5, 5.41) is 0. The van der Waals surface area contributed by atoms with Crippen LogP contribution in [0.5, 0.6) is 0 Å². The summed E-state index contributed by atoms with van der Waals surface area (Å²) in [6, 6.07) is 0. The van der Waals surface area contributed by atoms with E-state index in [0.29, 0.717) is 0 Å². The highest BCUT2D eigenvalue weighted by Gasteiger charge is 2.18. The van der Waals surface area contributed by atoms with E-state index in [2.05, 4.69) is 34.5 Å². The SMILES string of the molecule is CC(C)(CN)CCCN1CCn2ccnc2C1. The van der Waals surface area contributed by atoms with Gasteiger partial charge in [0.1, 0.15) is 5.82 Å². The fourth-order valence-electron chi connectivity index (χ4n) is 2.30. The second-order valence-electron chi connectivity index (χ2n) is 5.78. The molecule has 4 heteroatoms. The minimum Gasteiger partial charge on any atom is -0.333 e. The van der Waals surface area contributed by atoms with E-state index in [-0.39, 0.29) is 5.41 Å². The Morgan fingerprint density at radius 2 is 2.24 bits per heavy atom. The smallest absolute Gasteiger partial charge is 0.122 e. The molecule has 0 atom stereocenters. The summed E-state index contributed by atoms with van der Waals surface area (Å²) < 4.78 is 2.25. The van der Waals surface area contributed by atoms with Gasteiger partial charge in [-0.25, -0.2) is 4.98 Å². The molecular weight excluding hydrogens is 212 g/mol. The molecule has 2 N–H and O–H groups in total. The van der Waals surface area contributed by atoms with Crippen LogP contribution in [0.3, 0.4) is 0 Å². The van der Waals surface area contributed by atoms with Gasteiger partial charge in [0.2, 0.25) is 0 Å². The van der Waals surface area contributed by atoms with E-state index in [1.54, 1.807) is 0 Å². The number of fused-ring (bicyclic) bond motifs is 1. The highest BCUT2D eigenvalue weighted by Crippen LogP contribution is 2.21. The first-order valence-electron chi connectivity index (χ1n) is 6.53. The van der Waals surface area contributed by atoms with Crippen LogP contribution >= 0.6 is 0 Å². The molecule has 1 aromatic rings. The maximum absolute atomic E-state index is 5.75. The van der Waals surface area contributed by atoms with Crippen LogP contribution in [0.4, 0.5) is 0 Å². The number of hydrogen-bond acceptors (Lipinski definition) is 3. The zero-order valence-electron chi connectivity index (χ0n) is 11.0. The van der Waals surface area contributed by atoms with Crippen LogP contribution in [0.2, 0.25) is 0 Å². The fourth-order valence-corrected chi connectivity index (χ4v) is 2.30. The van der Waals surface area contributed by atoms with E-state index in [1.807, 2.05) is 6.20 Å². The topological polar surface area (TPSA) is 47.1 Å². The summed E-state index contributed by atoms with van der Waals surface area (Å²) in [5.41, 5.74) is 6.03. The molecular formula is C13H24N4. The van der Waals surface area contributed by atoms with Gasteiger partial charge in [-0.2, -0.15) is 0 Å². The molecule has 17 heavy (non-hydrogen) atoms. The van der Waals surface area contributed by atoms with Crippen molar-refractivity contribution >= 4 is 0 Å². The van der Waals surface area contributed by atoms with Crippen LogP contribution in [0.15, 0.2) is 12.4 Å². The maximum atomic E-state index is 5.75. The molecule has 1 aliphatic rings. The molecule has 0 fully saturated rings. The van der Waals surface area contributed by atoms with Gasteiger partial charge in [0.05, 0.1) is 6.54 Å². The van der Waals surface area contributed by atoms with Crippen molar-refractivity contribution in [3.63, 3.8) is 0 Å². The number of hydrogen-bond donors (Lipinski definition) is 1. The predicted molar refractivity (Wildman–Crippen MR) is 69.6 cm³/mol. The Hall–Kier alpha value is -0.870. The molecule has 0 bridgehead atoms. The van der Waals surface area contributed by atoms with Gasteiger partial charge in [0.25, 0.3) is 0 Å². The number of aromatic nitrogens is 2. The zero-order chi connectivity index (χ0) is 12.3. The molecule has 0 amide bonds. The number of imidazole rings is 1. The summed E-state index contributed by atoms with van der Waals surface area (Å²) in [6.45, 7) is 9.65. The Labute approximate surface area is 104 Å². The quantitative estimate of drug-likeness (QED) is 0.842. The minimum absolute atomic E-state index is 0.286. The largest absolute Gasteiger partial charge is 0.333 e. The third-order valence-corrected chi connectivity index (χ3v) is 3.70. The van der Waals surface area contributed by atoms with Crippen molar-refractivity contribution in [1.82, 2.24) is 14.5 Å². The molecule has 96 valence electrons. The maximum Gasteiger partial charge on any atom is 0.122 e. The Bertz CT molecular complexity index is 356. The van der Waals surface area contributed by atoms with Crippen LogP contribution in [0.25, 0.3) is 0 Å². The number of nitrogens with zero attached hydrogens (tertiary/aromatic N) is 3. The highest BCUT2D eigenvalue weighted by molar-refractivity contribution is 4.95. The number of nitrogens with two attached hydrogens (primary N) is 1. The molecule has 0 aliphatic carbocycles. The summed E-state index contributed by atoms with van der Waals surface area (Å²) in [7, 11) is 0. The van der Waals surface area contributed by atoms with Gasteiger partial charge in [0, 0.05) is 25.5 Å². The first-order valence-corrected chi connectivity index (χ1v) is 6.53. The van der Waals surface area contributed by atoms with E-state index in [0.717, 1.165) is 32.7 Å². The number of rotatable bonds is 5. The first kappa shape index (κ1) is 12.6.